The number of rotatable bonds is 2. The summed E-state index contributed by atoms with van der Waals surface area (Å²) in [6.45, 7) is 1.76. The normalized spacial score (nSPS) is 24.9. The molecule has 14 heavy (non-hydrogen) atoms. The van der Waals surface area contributed by atoms with E-state index in [-0.39, 0.29) is 5.92 Å². The lowest BCUT2D eigenvalue weighted by atomic mass is 9.93. The van der Waals surface area contributed by atoms with E-state index in [9.17, 15) is 4.39 Å². The average Bonchev–Trinajstić information content (AvgIpc) is 2.65. The molecule has 1 aliphatic heterocycles. The van der Waals surface area contributed by atoms with E-state index < -0.39 is 6.17 Å². The van der Waals surface area contributed by atoms with Crippen molar-refractivity contribution in [3.8, 4) is 0 Å². The van der Waals surface area contributed by atoms with E-state index in [2.05, 4.69) is 15.6 Å². The van der Waals surface area contributed by atoms with Crippen LogP contribution in [0.2, 0.25) is 0 Å². The Hall–Kier alpha value is -0.970. The minimum Gasteiger partial charge on any atom is -0.316 e. The molecule has 0 amide bonds. The second-order valence-electron chi connectivity index (χ2n) is 3.79. The SMILES string of the molecule is Cn1nncc1C(F)C1CCCNC1. The zero-order valence-corrected chi connectivity index (χ0v) is 8.28. The van der Waals surface area contributed by atoms with Gasteiger partial charge in [-0.05, 0) is 19.4 Å². The summed E-state index contributed by atoms with van der Waals surface area (Å²) in [4.78, 5) is 0. The van der Waals surface area contributed by atoms with Crippen molar-refractivity contribution >= 4 is 0 Å². The quantitative estimate of drug-likeness (QED) is 0.765. The molecule has 1 aromatic heterocycles. The van der Waals surface area contributed by atoms with E-state index in [1.165, 1.54) is 10.9 Å². The Morgan fingerprint density at radius 1 is 1.71 bits per heavy atom. The van der Waals surface area contributed by atoms with Crippen LogP contribution in [0.3, 0.4) is 0 Å². The lowest BCUT2D eigenvalue weighted by Crippen LogP contribution is -2.32. The van der Waals surface area contributed by atoms with Crippen molar-refractivity contribution in [2.24, 2.45) is 13.0 Å². The molecule has 1 N–H and O–H groups in total. The summed E-state index contributed by atoms with van der Waals surface area (Å²) >= 11 is 0. The van der Waals surface area contributed by atoms with Gasteiger partial charge in [-0.15, -0.1) is 5.10 Å². The molecule has 2 rings (SSSR count). The first-order chi connectivity index (χ1) is 6.79. The van der Waals surface area contributed by atoms with Gasteiger partial charge in [0.1, 0.15) is 6.17 Å². The monoisotopic (exact) mass is 198 g/mol. The van der Waals surface area contributed by atoms with Gasteiger partial charge < -0.3 is 5.32 Å². The summed E-state index contributed by atoms with van der Waals surface area (Å²) in [5.74, 6) is 0.0703. The first kappa shape index (κ1) is 9.58. The summed E-state index contributed by atoms with van der Waals surface area (Å²) in [6.07, 6.45) is 2.57. The van der Waals surface area contributed by atoms with Crippen LogP contribution in [0.25, 0.3) is 0 Å². The molecule has 2 heterocycles. The first-order valence-corrected chi connectivity index (χ1v) is 4.98. The molecule has 2 atom stereocenters. The molecular formula is C9H15FN4. The molecule has 4 nitrogen and oxygen atoms in total. The molecule has 1 aromatic rings. The predicted molar refractivity (Wildman–Crippen MR) is 50.4 cm³/mol. The van der Waals surface area contributed by atoms with Crippen molar-refractivity contribution in [2.45, 2.75) is 19.0 Å². The van der Waals surface area contributed by atoms with Crippen molar-refractivity contribution in [1.82, 2.24) is 20.3 Å². The van der Waals surface area contributed by atoms with Crippen LogP contribution in [0.5, 0.6) is 0 Å². The molecule has 0 aromatic carbocycles. The van der Waals surface area contributed by atoms with Crippen molar-refractivity contribution in [3.05, 3.63) is 11.9 Å². The fourth-order valence-corrected chi connectivity index (χ4v) is 1.92. The predicted octanol–water partition coefficient (Wildman–Crippen LogP) is 0.825. The van der Waals surface area contributed by atoms with Crippen LogP contribution in [-0.2, 0) is 7.05 Å². The number of nitrogens with zero attached hydrogens (tertiary/aromatic N) is 3. The minimum atomic E-state index is -0.942. The summed E-state index contributed by atoms with van der Waals surface area (Å²) in [7, 11) is 1.73. The number of aryl methyl sites for hydroxylation is 1. The molecule has 78 valence electrons. The molecule has 0 aliphatic carbocycles. The highest BCUT2D eigenvalue weighted by Crippen LogP contribution is 2.29. The molecule has 1 saturated heterocycles. The summed E-state index contributed by atoms with van der Waals surface area (Å²) < 4.78 is 15.5. The number of hydrogen-bond acceptors (Lipinski definition) is 3. The van der Waals surface area contributed by atoms with Gasteiger partial charge in [-0.25, -0.2) is 9.07 Å². The fraction of sp³-hybridized carbons (Fsp3) is 0.778. The van der Waals surface area contributed by atoms with E-state index in [0.29, 0.717) is 5.69 Å². The Balaban J connectivity index is 2.07. The van der Waals surface area contributed by atoms with Gasteiger partial charge in [-0.2, -0.15) is 0 Å². The molecule has 5 heteroatoms. The van der Waals surface area contributed by atoms with Crippen molar-refractivity contribution < 1.29 is 4.39 Å². The maximum atomic E-state index is 14.0. The van der Waals surface area contributed by atoms with Gasteiger partial charge in [-0.1, -0.05) is 5.21 Å². The maximum absolute atomic E-state index is 14.0. The van der Waals surface area contributed by atoms with Crippen molar-refractivity contribution in [3.63, 3.8) is 0 Å². The van der Waals surface area contributed by atoms with Gasteiger partial charge in [0.25, 0.3) is 0 Å². The Morgan fingerprint density at radius 2 is 2.57 bits per heavy atom. The molecule has 1 aliphatic rings. The molecular weight excluding hydrogens is 183 g/mol. The van der Waals surface area contributed by atoms with E-state index in [0.717, 1.165) is 25.9 Å². The number of halogens is 1. The average molecular weight is 198 g/mol. The number of alkyl halides is 1. The van der Waals surface area contributed by atoms with E-state index in [1.807, 2.05) is 0 Å². The Kier molecular flexibility index (Phi) is 2.77. The highest BCUT2D eigenvalue weighted by molar-refractivity contribution is 5.01. The van der Waals surface area contributed by atoms with Crippen LogP contribution in [0.4, 0.5) is 4.39 Å². The number of nitrogens with one attached hydrogen (secondary N) is 1. The third kappa shape index (κ3) is 1.77. The van der Waals surface area contributed by atoms with Crippen LogP contribution in [0.1, 0.15) is 24.7 Å². The third-order valence-electron chi connectivity index (χ3n) is 2.78. The fourth-order valence-electron chi connectivity index (χ4n) is 1.92. The molecule has 1 fully saturated rings. The summed E-state index contributed by atoms with van der Waals surface area (Å²) in [5.41, 5.74) is 0.582. The molecule has 2 unspecified atom stereocenters. The van der Waals surface area contributed by atoms with Crippen LogP contribution in [0, 0.1) is 5.92 Å². The molecule has 0 bridgehead atoms. The number of piperidine rings is 1. The van der Waals surface area contributed by atoms with Gasteiger partial charge in [0, 0.05) is 19.5 Å². The lowest BCUT2D eigenvalue weighted by Gasteiger charge is -2.25. The Labute approximate surface area is 82.5 Å². The Bertz CT molecular complexity index is 293. The van der Waals surface area contributed by atoms with E-state index in [1.54, 1.807) is 7.05 Å². The van der Waals surface area contributed by atoms with Gasteiger partial charge in [0.2, 0.25) is 0 Å². The van der Waals surface area contributed by atoms with E-state index >= 15 is 0 Å². The van der Waals surface area contributed by atoms with Crippen molar-refractivity contribution in [1.29, 1.82) is 0 Å². The Morgan fingerprint density at radius 3 is 3.14 bits per heavy atom. The third-order valence-corrected chi connectivity index (χ3v) is 2.78. The largest absolute Gasteiger partial charge is 0.316 e. The van der Waals surface area contributed by atoms with Crippen LogP contribution >= 0.6 is 0 Å². The maximum Gasteiger partial charge on any atom is 0.147 e. The second-order valence-corrected chi connectivity index (χ2v) is 3.79. The first-order valence-electron chi connectivity index (χ1n) is 4.98. The van der Waals surface area contributed by atoms with Gasteiger partial charge in [-0.3, -0.25) is 0 Å². The standard InChI is InChI=1S/C9H15FN4/c1-14-8(6-12-13-14)9(10)7-3-2-4-11-5-7/h6-7,9,11H,2-5H2,1H3. The smallest absolute Gasteiger partial charge is 0.147 e. The summed E-state index contributed by atoms with van der Waals surface area (Å²) in [6, 6.07) is 0. The summed E-state index contributed by atoms with van der Waals surface area (Å²) in [5, 5.41) is 10.6. The van der Waals surface area contributed by atoms with Gasteiger partial charge in [0.15, 0.2) is 0 Å². The topological polar surface area (TPSA) is 42.7 Å². The van der Waals surface area contributed by atoms with Crippen LogP contribution in [0.15, 0.2) is 6.20 Å². The molecule has 0 radical (unpaired) electrons. The van der Waals surface area contributed by atoms with Gasteiger partial charge in [0.05, 0.1) is 11.9 Å². The highest BCUT2D eigenvalue weighted by atomic mass is 19.1. The zero-order valence-electron chi connectivity index (χ0n) is 8.28. The van der Waals surface area contributed by atoms with Crippen LogP contribution < -0.4 is 5.32 Å². The number of aromatic nitrogens is 3. The lowest BCUT2D eigenvalue weighted by molar-refractivity contribution is 0.185. The molecule has 0 spiro atoms. The second kappa shape index (κ2) is 4.04. The highest BCUT2D eigenvalue weighted by Gasteiger charge is 2.26. The van der Waals surface area contributed by atoms with Crippen LogP contribution in [-0.4, -0.2) is 28.1 Å². The zero-order chi connectivity index (χ0) is 9.97. The van der Waals surface area contributed by atoms with Gasteiger partial charge >= 0.3 is 0 Å². The number of hydrogen-bond donors (Lipinski definition) is 1. The van der Waals surface area contributed by atoms with Crippen molar-refractivity contribution in [2.75, 3.05) is 13.1 Å². The van der Waals surface area contributed by atoms with E-state index in [4.69, 9.17) is 0 Å². The molecule has 0 saturated carbocycles. The minimum absolute atomic E-state index is 0.0703.